The van der Waals surface area contributed by atoms with E-state index in [4.69, 9.17) is 9.84 Å². The average Bonchev–Trinajstić information content (AvgIpc) is 2.46. The molecule has 2 fully saturated rings. The number of carbonyl (C=O) groups excluding carboxylic acids is 1. The van der Waals surface area contributed by atoms with Crippen molar-refractivity contribution in [2.45, 2.75) is 44.6 Å². The maximum Gasteiger partial charge on any atom is 0.317 e. The van der Waals surface area contributed by atoms with Gasteiger partial charge in [0.2, 0.25) is 0 Å². The molecule has 6 heteroatoms. The van der Waals surface area contributed by atoms with E-state index in [0.717, 1.165) is 38.8 Å². The van der Waals surface area contributed by atoms with Crippen molar-refractivity contribution < 1.29 is 19.4 Å². The van der Waals surface area contributed by atoms with Crippen molar-refractivity contribution in [1.29, 1.82) is 0 Å². The van der Waals surface area contributed by atoms with E-state index in [1.165, 1.54) is 0 Å². The van der Waals surface area contributed by atoms with Gasteiger partial charge in [-0.3, -0.25) is 4.79 Å². The number of carboxylic acid groups (broad SMARTS) is 1. The van der Waals surface area contributed by atoms with Crippen molar-refractivity contribution in [2.24, 2.45) is 5.92 Å². The molecule has 0 aliphatic carbocycles. The molecule has 0 bridgehead atoms. The van der Waals surface area contributed by atoms with E-state index in [-0.39, 0.29) is 18.5 Å². The maximum atomic E-state index is 12.2. The zero-order valence-electron chi connectivity index (χ0n) is 11.8. The predicted octanol–water partition coefficient (Wildman–Crippen LogP) is 1.45. The fourth-order valence-corrected chi connectivity index (χ4v) is 2.93. The van der Waals surface area contributed by atoms with E-state index < -0.39 is 5.97 Å². The first-order chi connectivity index (χ1) is 9.65. The van der Waals surface area contributed by atoms with E-state index in [2.05, 4.69) is 5.32 Å². The number of nitrogens with zero attached hydrogens (tertiary/aromatic N) is 1. The molecule has 0 aromatic carbocycles. The van der Waals surface area contributed by atoms with Crippen LogP contribution >= 0.6 is 0 Å². The first-order valence-electron chi connectivity index (χ1n) is 7.50. The van der Waals surface area contributed by atoms with Crippen LogP contribution in [0.1, 0.15) is 38.5 Å². The fourth-order valence-electron chi connectivity index (χ4n) is 2.93. The van der Waals surface area contributed by atoms with Gasteiger partial charge in [0, 0.05) is 26.1 Å². The summed E-state index contributed by atoms with van der Waals surface area (Å²) in [4.78, 5) is 24.6. The van der Waals surface area contributed by atoms with E-state index in [1.807, 2.05) is 4.90 Å². The molecule has 2 amide bonds. The predicted molar refractivity (Wildman–Crippen MR) is 73.5 cm³/mol. The summed E-state index contributed by atoms with van der Waals surface area (Å²) in [6.07, 6.45) is 4.79. The van der Waals surface area contributed by atoms with Crippen molar-refractivity contribution in [3.8, 4) is 0 Å². The number of piperidine rings is 1. The number of aliphatic carboxylic acids is 1. The van der Waals surface area contributed by atoms with Crippen molar-refractivity contribution in [3.63, 3.8) is 0 Å². The molecule has 6 nitrogen and oxygen atoms in total. The molecule has 2 aliphatic heterocycles. The van der Waals surface area contributed by atoms with Crippen LogP contribution in [0.25, 0.3) is 0 Å². The van der Waals surface area contributed by atoms with Crippen LogP contribution in [-0.2, 0) is 9.53 Å². The minimum Gasteiger partial charge on any atom is -0.481 e. The molecule has 2 aliphatic rings. The van der Waals surface area contributed by atoms with Crippen molar-refractivity contribution in [2.75, 3.05) is 26.3 Å². The second-order valence-corrected chi connectivity index (χ2v) is 5.75. The summed E-state index contributed by atoms with van der Waals surface area (Å²) in [5.41, 5.74) is 0. The van der Waals surface area contributed by atoms with Crippen molar-refractivity contribution in [3.05, 3.63) is 0 Å². The summed E-state index contributed by atoms with van der Waals surface area (Å²) in [7, 11) is 0. The van der Waals surface area contributed by atoms with Gasteiger partial charge >= 0.3 is 12.0 Å². The van der Waals surface area contributed by atoms with Crippen LogP contribution in [0.3, 0.4) is 0 Å². The minimum atomic E-state index is -0.758. The van der Waals surface area contributed by atoms with Crippen molar-refractivity contribution in [1.82, 2.24) is 10.2 Å². The van der Waals surface area contributed by atoms with Crippen molar-refractivity contribution >= 4 is 12.0 Å². The monoisotopic (exact) mass is 284 g/mol. The Morgan fingerprint density at radius 3 is 2.85 bits per heavy atom. The second-order valence-electron chi connectivity index (χ2n) is 5.75. The molecule has 2 rings (SSSR count). The molecule has 2 unspecified atom stereocenters. The number of rotatable bonds is 4. The minimum absolute atomic E-state index is 0.0273. The molecule has 2 atom stereocenters. The smallest absolute Gasteiger partial charge is 0.317 e. The van der Waals surface area contributed by atoms with E-state index in [0.29, 0.717) is 25.5 Å². The first-order valence-corrected chi connectivity index (χ1v) is 7.50. The molecule has 0 spiro atoms. The topological polar surface area (TPSA) is 78.9 Å². The molecular weight excluding hydrogens is 260 g/mol. The van der Waals surface area contributed by atoms with Gasteiger partial charge in [0.1, 0.15) is 0 Å². The molecule has 20 heavy (non-hydrogen) atoms. The molecule has 2 N–H and O–H groups in total. The van der Waals surface area contributed by atoms with Crippen LogP contribution in [0.15, 0.2) is 0 Å². The van der Waals surface area contributed by atoms with Crippen LogP contribution in [0.2, 0.25) is 0 Å². The third-order valence-corrected chi connectivity index (χ3v) is 4.06. The van der Waals surface area contributed by atoms with Gasteiger partial charge < -0.3 is 20.1 Å². The summed E-state index contributed by atoms with van der Waals surface area (Å²) in [5.74, 6) is -0.445. The van der Waals surface area contributed by atoms with E-state index in [9.17, 15) is 9.59 Å². The molecule has 2 heterocycles. The lowest BCUT2D eigenvalue weighted by Gasteiger charge is -2.34. The number of nitrogens with one attached hydrogen (secondary N) is 1. The Labute approximate surface area is 119 Å². The maximum absolute atomic E-state index is 12.2. The second kappa shape index (κ2) is 7.47. The number of urea groups is 1. The van der Waals surface area contributed by atoms with Gasteiger partial charge in [-0.25, -0.2) is 4.79 Å². The first kappa shape index (κ1) is 15.1. The van der Waals surface area contributed by atoms with Gasteiger partial charge in [-0.15, -0.1) is 0 Å². The molecule has 0 saturated carbocycles. The summed E-state index contributed by atoms with van der Waals surface area (Å²) in [5, 5.41) is 11.7. The highest BCUT2D eigenvalue weighted by Gasteiger charge is 2.26. The van der Waals surface area contributed by atoms with Gasteiger partial charge in [-0.05, 0) is 38.0 Å². The summed E-state index contributed by atoms with van der Waals surface area (Å²) >= 11 is 0. The SMILES string of the molecule is O=C(O)CCC1CCCN(C(=O)NC2CCCOC2)C1. The summed E-state index contributed by atoms with van der Waals surface area (Å²) < 4.78 is 5.36. The lowest BCUT2D eigenvalue weighted by atomic mass is 9.93. The number of hydrogen-bond donors (Lipinski definition) is 2. The Hall–Kier alpha value is -1.30. The molecule has 0 aromatic heterocycles. The normalized spacial score (nSPS) is 27.1. The van der Waals surface area contributed by atoms with Crippen LogP contribution in [-0.4, -0.2) is 54.4 Å². The molecule has 0 radical (unpaired) electrons. The number of carboxylic acids is 1. The van der Waals surface area contributed by atoms with Gasteiger partial charge in [-0.2, -0.15) is 0 Å². The average molecular weight is 284 g/mol. The number of likely N-dealkylation sites (tertiary alicyclic amines) is 1. The summed E-state index contributed by atoms with van der Waals surface area (Å²) in [6, 6.07) is 0.0937. The van der Waals surface area contributed by atoms with E-state index >= 15 is 0 Å². The highest BCUT2D eigenvalue weighted by atomic mass is 16.5. The molecule has 2 saturated heterocycles. The van der Waals surface area contributed by atoms with E-state index in [1.54, 1.807) is 0 Å². The Bertz CT molecular complexity index is 342. The van der Waals surface area contributed by atoms with Crippen LogP contribution in [0.5, 0.6) is 0 Å². The third kappa shape index (κ3) is 4.67. The van der Waals surface area contributed by atoms with Gasteiger partial charge in [0.15, 0.2) is 0 Å². The largest absolute Gasteiger partial charge is 0.481 e. The zero-order valence-corrected chi connectivity index (χ0v) is 11.8. The van der Waals surface area contributed by atoms with Crippen LogP contribution in [0.4, 0.5) is 4.79 Å². The quantitative estimate of drug-likeness (QED) is 0.819. The standard InChI is InChI=1S/C14H24N2O4/c17-13(18)6-5-11-3-1-7-16(9-11)14(19)15-12-4-2-8-20-10-12/h11-12H,1-10H2,(H,15,19)(H,17,18). The highest BCUT2D eigenvalue weighted by molar-refractivity contribution is 5.74. The number of amides is 2. The molecule has 0 aromatic rings. The molecule has 114 valence electrons. The zero-order chi connectivity index (χ0) is 14.4. The number of ether oxygens (including phenoxy) is 1. The highest BCUT2D eigenvalue weighted by Crippen LogP contribution is 2.21. The third-order valence-electron chi connectivity index (χ3n) is 4.06. The summed E-state index contributed by atoms with van der Waals surface area (Å²) in [6.45, 7) is 2.82. The lowest BCUT2D eigenvalue weighted by Crippen LogP contribution is -2.50. The Morgan fingerprint density at radius 1 is 1.30 bits per heavy atom. The van der Waals surface area contributed by atoms with Gasteiger partial charge in [0.05, 0.1) is 12.6 Å². The number of carbonyl (C=O) groups is 2. The fraction of sp³-hybridized carbons (Fsp3) is 0.857. The Balaban J connectivity index is 1.75. The van der Waals surface area contributed by atoms with Crippen LogP contribution in [0, 0.1) is 5.92 Å². The molecular formula is C14H24N2O4. The lowest BCUT2D eigenvalue weighted by molar-refractivity contribution is -0.137. The Morgan fingerprint density at radius 2 is 2.15 bits per heavy atom. The van der Waals surface area contributed by atoms with Gasteiger partial charge in [-0.1, -0.05) is 0 Å². The Kier molecular flexibility index (Phi) is 5.64. The van der Waals surface area contributed by atoms with Gasteiger partial charge in [0.25, 0.3) is 0 Å². The van der Waals surface area contributed by atoms with Crippen LogP contribution < -0.4 is 5.32 Å². The number of hydrogen-bond acceptors (Lipinski definition) is 3.